The van der Waals surface area contributed by atoms with E-state index in [9.17, 15) is 0 Å². The molecule has 0 amide bonds. The molecule has 0 atom stereocenters. The first-order valence-corrected chi connectivity index (χ1v) is 10.3. The second kappa shape index (κ2) is 8.63. The molecule has 1 aliphatic carbocycles. The van der Waals surface area contributed by atoms with E-state index >= 15 is 0 Å². The molecule has 1 aliphatic rings. The number of hydrogen-bond acceptors (Lipinski definition) is 7. The Kier molecular flexibility index (Phi) is 5.78. The highest BCUT2D eigenvalue weighted by molar-refractivity contribution is 8.04. The fraction of sp³-hybridized carbons (Fsp3) is 0.143. The van der Waals surface area contributed by atoms with Gasteiger partial charge in [-0.05, 0) is 55.1 Å². The molecule has 0 aliphatic heterocycles. The van der Waals surface area contributed by atoms with Crippen LogP contribution in [0.25, 0.3) is 11.0 Å². The number of fused-ring (bicyclic) bond motifs is 1. The summed E-state index contributed by atoms with van der Waals surface area (Å²) in [6, 6.07) is 13.1. The van der Waals surface area contributed by atoms with Gasteiger partial charge < -0.3 is 20.5 Å². The SMILES string of the molecule is COc1ccc(Cl)c(Nc2nc3ccccc3nc2NSC2=CCCC(N)=C2)c1. The Labute approximate surface area is 178 Å². The highest BCUT2D eigenvalue weighted by Crippen LogP contribution is 2.34. The molecule has 0 spiro atoms. The molecule has 148 valence electrons. The van der Waals surface area contributed by atoms with Crippen molar-refractivity contribution in [1.29, 1.82) is 0 Å². The van der Waals surface area contributed by atoms with Crippen LogP contribution in [0.4, 0.5) is 17.3 Å². The Bertz CT molecular complexity index is 1120. The molecule has 3 aromatic rings. The number of nitrogens with zero attached hydrogens (tertiary/aromatic N) is 2. The van der Waals surface area contributed by atoms with Crippen molar-refractivity contribution < 1.29 is 4.74 Å². The van der Waals surface area contributed by atoms with Gasteiger partial charge in [0, 0.05) is 16.7 Å². The van der Waals surface area contributed by atoms with Crippen LogP contribution in [-0.4, -0.2) is 17.1 Å². The number of methoxy groups -OCH3 is 1. The summed E-state index contributed by atoms with van der Waals surface area (Å²) < 4.78 is 8.61. The van der Waals surface area contributed by atoms with Gasteiger partial charge in [0.1, 0.15) is 5.75 Å². The average molecular weight is 426 g/mol. The summed E-state index contributed by atoms with van der Waals surface area (Å²) in [5.74, 6) is 1.87. The van der Waals surface area contributed by atoms with Crippen molar-refractivity contribution in [2.75, 3.05) is 17.1 Å². The topological polar surface area (TPSA) is 85.1 Å². The molecule has 8 heteroatoms. The number of nitrogens with one attached hydrogen (secondary N) is 2. The second-order valence-electron chi connectivity index (χ2n) is 6.45. The van der Waals surface area contributed by atoms with Crippen molar-refractivity contribution >= 4 is 51.9 Å². The van der Waals surface area contributed by atoms with E-state index in [-0.39, 0.29) is 0 Å². The van der Waals surface area contributed by atoms with Crippen LogP contribution >= 0.6 is 23.5 Å². The normalized spacial score (nSPS) is 13.6. The minimum absolute atomic E-state index is 0.560. The number of allylic oxidation sites excluding steroid dienone is 3. The summed E-state index contributed by atoms with van der Waals surface area (Å²) in [6.07, 6.45) is 5.94. The van der Waals surface area contributed by atoms with Crippen molar-refractivity contribution in [3.8, 4) is 5.75 Å². The lowest BCUT2D eigenvalue weighted by Gasteiger charge is -2.15. The van der Waals surface area contributed by atoms with Crippen LogP contribution in [-0.2, 0) is 0 Å². The Morgan fingerprint density at radius 1 is 1.10 bits per heavy atom. The molecular formula is C21H20ClN5OS. The van der Waals surface area contributed by atoms with Gasteiger partial charge in [-0.25, -0.2) is 9.97 Å². The molecule has 0 saturated heterocycles. The lowest BCUT2D eigenvalue weighted by molar-refractivity contribution is 0.415. The lowest BCUT2D eigenvalue weighted by atomic mass is 10.1. The first kappa shape index (κ1) is 19.4. The number of rotatable bonds is 6. The zero-order valence-electron chi connectivity index (χ0n) is 15.8. The summed E-state index contributed by atoms with van der Waals surface area (Å²) >= 11 is 7.82. The molecule has 4 rings (SSSR count). The van der Waals surface area contributed by atoms with Gasteiger partial charge in [-0.2, -0.15) is 0 Å². The summed E-state index contributed by atoms with van der Waals surface area (Å²) in [6.45, 7) is 0. The highest BCUT2D eigenvalue weighted by Gasteiger charge is 2.13. The number of nitrogens with two attached hydrogens (primary N) is 1. The minimum Gasteiger partial charge on any atom is -0.497 e. The number of para-hydroxylation sites is 2. The van der Waals surface area contributed by atoms with Crippen LogP contribution in [0.1, 0.15) is 12.8 Å². The monoisotopic (exact) mass is 425 g/mol. The first-order valence-electron chi connectivity index (χ1n) is 9.09. The third kappa shape index (κ3) is 4.58. The van der Waals surface area contributed by atoms with Gasteiger partial charge >= 0.3 is 0 Å². The Balaban J connectivity index is 1.68. The number of aromatic nitrogens is 2. The number of ether oxygens (including phenoxy) is 1. The molecule has 0 fully saturated rings. The van der Waals surface area contributed by atoms with E-state index in [1.165, 1.54) is 11.9 Å². The Morgan fingerprint density at radius 2 is 1.86 bits per heavy atom. The van der Waals surface area contributed by atoms with Crippen LogP contribution < -0.4 is 20.5 Å². The van der Waals surface area contributed by atoms with Crippen molar-refractivity contribution in [3.05, 3.63) is 70.2 Å². The maximum absolute atomic E-state index is 6.37. The summed E-state index contributed by atoms with van der Waals surface area (Å²) in [5, 5.41) is 3.84. The van der Waals surface area contributed by atoms with Crippen molar-refractivity contribution in [2.45, 2.75) is 12.8 Å². The largest absolute Gasteiger partial charge is 0.497 e. The maximum atomic E-state index is 6.37. The van der Waals surface area contributed by atoms with E-state index in [0.717, 1.165) is 34.5 Å². The van der Waals surface area contributed by atoms with E-state index in [1.54, 1.807) is 19.2 Å². The molecule has 4 N–H and O–H groups in total. The van der Waals surface area contributed by atoms with Crippen LogP contribution in [0.15, 0.2) is 65.2 Å². The van der Waals surface area contributed by atoms with Gasteiger partial charge in [0.15, 0.2) is 11.6 Å². The summed E-state index contributed by atoms with van der Waals surface area (Å²) in [4.78, 5) is 10.5. The van der Waals surface area contributed by atoms with Gasteiger partial charge in [0.05, 0.1) is 28.9 Å². The molecule has 0 saturated carbocycles. The van der Waals surface area contributed by atoms with E-state index in [1.807, 2.05) is 36.4 Å². The molecule has 29 heavy (non-hydrogen) atoms. The van der Waals surface area contributed by atoms with Gasteiger partial charge in [-0.15, -0.1) is 0 Å². The van der Waals surface area contributed by atoms with E-state index in [2.05, 4.69) is 16.1 Å². The number of hydrogen-bond donors (Lipinski definition) is 3. The molecule has 0 unspecified atom stereocenters. The predicted octanol–water partition coefficient (Wildman–Crippen LogP) is 5.62. The summed E-state index contributed by atoms with van der Waals surface area (Å²) in [7, 11) is 1.61. The molecule has 1 heterocycles. The molecule has 0 bridgehead atoms. The fourth-order valence-corrected chi connectivity index (χ4v) is 3.82. The molecule has 1 aromatic heterocycles. The lowest BCUT2D eigenvalue weighted by Crippen LogP contribution is -2.04. The van der Waals surface area contributed by atoms with Gasteiger partial charge in [0.25, 0.3) is 0 Å². The number of halogens is 1. The third-order valence-corrected chi connectivity index (χ3v) is 5.51. The van der Waals surface area contributed by atoms with Crippen LogP contribution in [0.2, 0.25) is 5.02 Å². The van der Waals surface area contributed by atoms with E-state index in [0.29, 0.717) is 28.1 Å². The maximum Gasteiger partial charge on any atom is 0.180 e. The zero-order valence-corrected chi connectivity index (χ0v) is 17.3. The standard InChI is InChI=1S/C21H20ClN5OS/c1-28-14-9-10-16(22)19(12-14)26-20-21(25-18-8-3-2-7-17(18)24-20)27-29-15-6-4-5-13(23)11-15/h2-3,6-12H,4-5,23H2,1H3,(H,24,26)(H,25,27). The van der Waals surface area contributed by atoms with Gasteiger partial charge in [0.2, 0.25) is 0 Å². The Morgan fingerprint density at radius 3 is 2.59 bits per heavy atom. The summed E-state index contributed by atoms with van der Waals surface area (Å²) in [5.41, 5.74) is 9.10. The number of benzene rings is 2. The van der Waals surface area contributed by atoms with E-state index < -0.39 is 0 Å². The second-order valence-corrected chi connectivity index (χ2v) is 7.74. The Hall–Kier alpha value is -2.90. The molecule has 6 nitrogen and oxygen atoms in total. The quantitative estimate of drug-likeness (QED) is 0.442. The van der Waals surface area contributed by atoms with Gasteiger partial charge in [-0.3, -0.25) is 0 Å². The van der Waals surface area contributed by atoms with Crippen molar-refractivity contribution in [3.63, 3.8) is 0 Å². The minimum atomic E-state index is 0.560. The van der Waals surface area contributed by atoms with Crippen molar-refractivity contribution in [2.24, 2.45) is 5.73 Å². The predicted molar refractivity (Wildman–Crippen MR) is 122 cm³/mol. The third-order valence-electron chi connectivity index (χ3n) is 4.37. The van der Waals surface area contributed by atoms with Crippen LogP contribution in [0, 0.1) is 0 Å². The van der Waals surface area contributed by atoms with E-state index in [4.69, 9.17) is 32.0 Å². The van der Waals surface area contributed by atoms with Gasteiger partial charge in [-0.1, -0.05) is 29.8 Å². The van der Waals surface area contributed by atoms with Crippen molar-refractivity contribution in [1.82, 2.24) is 9.97 Å². The molecular weight excluding hydrogens is 406 g/mol. The smallest absolute Gasteiger partial charge is 0.180 e. The average Bonchev–Trinajstić information content (AvgIpc) is 2.74. The fourth-order valence-electron chi connectivity index (χ4n) is 2.89. The first-order chi connectivity index (χ1) is 14.1. The van der Waals surface area contributed by atoms with Crippen LogP contribution in [0.5, 0.6) is 5.75 Å². The zero-order chi connectivity index (χ0) is 20.2. The molecule has 0 radical (unpaired) electrons. The molecule has 2 aromatic carbocycles. The van der Waals surface area contributed by atoms with Crippen LogP contribution in [0.3, 0.4) is 0 Å². The highest BCUT2D eigenvalue weighted by atomic mass is 35.5. The number of anilines is 3.